The number of halogens is 2. The molecule has 0 spiro atoms. The topological polar surface area (TPSA) is 90.7 Å². The summed E-state index contributed by atoms with van der Waals surface area (Å²) >= 11 is 3.13. The molecule has 2 aliphatic heterocycles. The maximum atomic E-state index is 13.5. The summed E-state index contributed by atoms with van der Waals surface area (Å²) < 4.78 is 15.5. The van der Waals surface area contributed by atoms with Gasteiger partial charge >= 0.3 is 6.03 Å². The fourth-order valence-electron chi connectivity index (χ4n) is 4.48. The Bertz CT molecular complexity index is 1060. The lowest BCUT2D eigenvalue weighted by molar-refractivity contribution is 0.0625. The molecule has 2 N–H and O–H groups in total. The van der Waals surface area contributed by atoms with E-state index in [-0.39, 0.29) is 34.9 Å². The number of nitrogens with zero attached hydrogens (tertiary/aromatic N) is 4. The van der Waals surface area contributed by atoms with Crippen LogP contribution in [-0.2, 0) is 19.5 Å². The van der Waals surface area contributed by atoms with Crippen molar-refractivity contribution < 1.29 is 19.1 Å². The Morgan fingerprint density at radius 1 is 1.41 bits per heavy atom. The van der Waals surface area contributed by atoms with Crippen LogP contribution in [0.5, 0.6) is 0 Å². The Labute approximate surface area is 194 Å². The molecule has 0 saturated carbocycles. The highest BCUT2D eigenvalue weighted by Gasteiger charge is 2.38. The highest BCUT2D eigenvalue weighted by atomic mass is 79.9. The number of benzene rings is 1. The van der Waals surface area contributed by atoms with Gasteiger partial charge in [0.2, 0.25) is 0 Å². The summed E-state index contributed by atoms with van der Waals surface area (Å²) in [5, 5.41) is 17.9. The van der Waals surface area contributed by atoms with Gasteiger partial charge in [0.1, 0.15) is 11.5 Å². The maximum absolute atomic E-state index is 13.5. The van der Waals surface area contributed by atoms with Crippen molar-refractivity contribution in [3.63, 3.8) is 0 Å². The number of aliphatic hydroxyl groups excluding tert-OH is 1. The second kappa shape index (κ2) is 8.82. The van der Waals surface area contributed by atoms with Gasteiger partial charge < -0.3 is 20.2 Å². The summed E-state index contributed by atoms with van der Waals surface area (Å²) in [5.74, 6) is -0.664. The van der Waals surface area contributed by atoms with Crippen LogP contribution in [0.25, 0.3) is 0 Å². The van der Waals surface area contributed by atoms with Gasteiger partial charge in [0.05, 0.1) is 22.8 Å². The number of hydrogen-bond donors (Lipinski definition) is 2. The fourth-order valence-corrected chi connectivity index (χ4v) is 4.86. The third-order valence-electron chi connectivity index (χ3n) is 6.34. The molecule has 2 aliphatic rings. The van der Waals surface area contributed by atoms with Crippen LogP contribution >= 0.6 is 15.9 Å². The minimum atomic E-state index is -0.520. The summed E-state index contributed by atoms with van der Waals surface area (Å²) in [5.41, 5.74) is 2.53. The number of carbonyl (C=O) groups is 2. The minimum absolute atomic E-state index is 0.106. The van der Waals surface area contributed by atoms with Crippen LogP contribution < -0.4 is 5.32 Å². The monoisotopic (exact) mass is 507 g/mol. The average molecular weight is 508 g/mol. The standard InChI is InChI=1S/C22H27BrFN5O3/c1-4-19(30)13-9-27(3)21(31)20-15-11-28(12(2)7-18(15)26-29(20)10-13)22(32)25-14-5-6-17(24)16(23)8-14/h5-6,8,12-13,19,30H,4,7,9-11H2,1-3H3,(H,25,32)/t12-,13+,19-/m1/s1. The maximum Gasteiger partial charge on any atom is 0.322 e. The van der Waals surface area contributed by atoms with Crippen molar-refractivity contribution in [3.05, 3.63) is 45.4 Å². The third kappa shape index (κ3) is 4.13. The van der Waals surface area contributed by atoms with Crippen molar-refractivity contribution in [1.82, 2.24) is 19.6 Å². The van der Waals surface area contributed by atoms with Gasteiger partial charge in [-0.15, -0.1) is 0 Å². The van der Waals surface area contributed by atoms with Crippen LogP contribution in [0.3, 0.4) is 0 Å². The number of urea groups is 1. The zero-order chi connectivity index (χ0) is 23.2. The molecule has 32 heavy (non-hydrogen) atoms. The van der Waals surface area contributed by atoms with E-state index in [0.717, 1.165) is 11.3 Å². The lowest BCUT2D eigenvalue weighted by atomic mass is 9.99. The normalized spacial score (nSPS) is 21.6. The number of amides is 3. The Kier molecular flexibility index (Phi) is 6.26. The van der Waals surface area contributed by atoms with E-state index in [0.29, 0.717) is 37.3 Å². The van der Waals surface area contributed by atoms with E-state index in [1.165, 1.54) is 18.2 Å². The number of rotatable bonds is 3. The zero-order valence-electron chi connectivity index (χ0n) is 18.3. The number of carbonyl (C=O) groups excluding carboxylic acids is 2. The molecule has 0 unspecified atom stereocenters. The van der Waals surface area contributed by atoms with Gasteiger partial charge in [0, 0.05) is 49.8 Å². The minimum Gasteiger partial charge on any atom is -0.393 e. The quantitative estimate of drug-likeness (QED) is 0.667. The van der Waals surface area contributed by atoms with Crippen molar-refractivity contribution in [2.75, 3.05) is 18.9 Å². The fraction of sp³-hybridized carbons (Fsp3) is 0.500. The van der Waals surface area contributed by atoms with Gasteiger partial charge in [-0.2, -0.15) is 5.10 Å². The molecule has 3 atom stereocenters. The van der Waals surface area contributed by atoms with Crippen LogP contribution in [0.4, 0.5) is 14.9 Å². The van der Waals surface area contributed by atoms with Crippen molar-refractivity contribution in [1.29, 1.82) is 0 Å². The van der Waals surface area contributed by atoms with Crippen LogP contribution in [0, 0.1) is 11.7 Å². The van der Waals surface area contributed by atoms with Crippen molar-refractivity contribution in [2.45, 2.75) is 51.9 Å². The van der Waals surface area contributed by atoms with Crippen molar-refractivity contribution in [3.8, 4) is 0 Å². The zero-order valence-corrected chi connectivity index (χ0v) is 19.9. The van der Waals surface area contributed by atoms with E-state index in [2.05, 4.69) is 21.2 Å². The van der Waals surface area contributed by atoms with Gasteiger partial charge in [-0.1, -0.05) is 6.92 Å². The van der Waals surface area contributed by atoms with Gasteiger partial charge in [-0.05, 0) is 47.5 Å². The summed E-state index contributed by atoms with van der Waals surface area (Å²) in [6.45, 7) is 5.01. The SMILES string of the molecule is CC[C@@H](O)[C@H]1CN(C)C(=O)c2c3c(nn2C1)C[C@@H](C)N(C(=O)Nc1ccc(F)c(Br)c1)C3. The van der Waals surface area contributed by atoms with E-state index < -0.39 is 11.9 Å². The molecule has 0 aliphatic carbocycles. The first-order valence-corrected chi connectivity index (χ1v) is 11.5. The number of aliphatic hydroxyl groups is 1. The lowest BCUT2D eigenvalue weighted by Gasteiger charge is -2.33. The largest absolute Gasteiger partial charge is 0.393 e. The van der Waals surface area contributed by atoms with E-state index in [1.54, 1.807) is 21.5 Å². The Morgan fingerprint density at radius 2 is 2.16 bits per heavy atom. The molecule has 10 heteroatoms. The summed E-state index contributed by atoms with van der Waals surface area (Å²) in [6, 6.07) is 3.84. The van der Waals surface area contributed by atoms with Crippen LogP contribution in [0.1, 0.15) is 42.0 Å². The van der Waals surface area contributed by atoms with Gasteiger partial charge in [-0.3, -0.25) is 9.48 Å². The molecule has 8 nitrogen and oxygen atoms in total. The molecule has 1 aromatic heterocycles. The van der Waals surface area contributed by atoms with Gasteiger partial charge in [0.25, 0.3) is 5.91 Å². The average Bonchev–Trinajstić information content (AvgIpc) is 3.04. The first kappa shape index (κ1) is 22.7. The summed E-state index contributed by atoms with van der Waals surface area (Å²) in [6.07, 6.45) is 0.607. The van der Waals surface area contributed by atoms with Crippen LogP contribution in [-0.4, -0.2) is 62.4 Å². The number of hydrogen-bond acceptors (Lipinski definition) is 4. The predicted molar refractivity (Wildman–Crippen MR) is 121 cm³/mol. The van der Waals surface area contributed by atoms with E-state index >= 15 is 0 Å². The second-order valence-electron chi connectivity index (χ2n) is 8.62. The molecule has 0 saturated heterocycles. The summed E-state index contributed by atoms with van der Waals surface area (Å²) in [4.78, 5) is 29.5. The molecule has 172 valence electrons. The molecule has 0 bridgehead atoms. The number of fused-ring (bicyclic) bond motifs is 3. The molecule has 0 fully saturated rings. The molecule has 3 heterocycles. The lowest BCUT2D eigenvalue weighted by Crippen LogP contribution is -2.45. The molecule has 4 rings (SSSR count). The molecule has 1 aromatic carbocycles. The third-order valence-corrected chi connectivity index (χ3v) is 6.95. The second-order valence-corrected chi connectivity index (χ2v) is 9.47. The molecule has 3 amide bonds. The first-order chi connectivity index (χ1) is 15.2. The first-order valence-electron chi connectivity index (χ1n) is 10.7. The van der Waals surface area contributed by atoms with Crippen LogP contribution in [0.15, 0.2) is 22.7 Å². The van der Waals surface area contributed by atoms with Gasteiger partial charge in [0.15, 0.2) is 0 Å². The molecular weight excluding hydrogens is 481 g/mol. The molecule has 2 aromatic rings. The van der Waals surface area contributed by atoms with E-state index in [4.69, 9.17) is 5.10 Å². The van der Waals surface area contributed by atoms with Crippen molar-refractivity contribution >= 4 is 33.6 Å². The predicted octanol–water partition coefficient (Wildman–Crippen LogP) is 3.24. The Morgan fingerprint density at radius 3 is 2.84 bits per heavy atom. The van der Waals surface area contributed by atoms with E-state index in [1.807, 2.05) is 13.8 Å². The Balaban J connectivity index is 1.61. The highest BCUT2D eigenvalue weighted by Crippen LogP contribution is 2.30. The summed E-state index contributed by atoms with van der Waals surface area (Å²) in [7, 11) is 1.73. The molecule has 0 radical (unpaired) electrons. The van der Waals surface area contributed by atoms with Gasteiger partial charge in [-0.25, -0.2) is 9.18 Å². The highest BCUT2D eigenvalue weighted by molar-refractivity contribution is 9.10. The molecular formula is C22H27BrFN5O3. The number of nitrogens with one attached hydrogen (secondary N) is 1. The number of anilines is 1. The smallest absolute Gasteiger partial charge is 0.322 e. The van der Waals surface area contributed by atoms with Crippen molar-refractivity contribution in [2.24, 2.45) is 5.92 Å². The van der Waals surface area contributed by atoms with E-state index in [9.17, 15) is 19.1 Å². The Hall–Kier alpha value is -2.46. The van der Waals surface area contributed by atoms with Crippen LogP contribution in [0.2, 0.25) is 0 Å². The number of aromatic nitrogens is 2.